The van der Waals surface area contributed by atoms with E-state index in [4.69, 9.17) is 14.2 Å². The zero-order valence-electron chi connectivity index (χ0n) is 15.1. The first-order valence-electron chi connectivity index (χ1n) is 7.99. The first-order chi connectivity index (χ1) is 10.9. The van der Waals surface area contributed by atoms with Crippen molar-refractivity contribution in [1.29, 1.82) is 0 Å². The lowest BCUT2D eigenvalue weighted by Gasteiger charge is -2.22. The van der Waals surface area contributed by atoms with Gasteiger partial charge >= 0.3 is 0 Å². The lowest BCUT2D eigenvalue weighted by atomic mass is 10.1. The fraction of sp³-hybridized carbons (Fsp3) is 0.611. The van der Waals surface area contributed by atoms with Crippen molar-refractivity contribution in [2.24, 2.45) is 0 Å². The van der Waals surface area contributed by atoms with Gasteiger partial charge in [-0.1, -0.05) is 12.1 Å². The molecule has 130 valence electrons. The number of ether oxygens (including phenoxy) is 3. The maximum atomic E-state index is 12.3. The smallest absolute Gasteiger partial charge is 0.251 e. The highest BCUT2D eigenvalue weighted by Crippen LogP contribution is 2.24. The number of aryl methyl sites for hydroxylation is 2. The Morgan fingerprint density at radius 1 is 1.22 bits per heavy atom. The van der Waals surface area contributed by atoms with Gasteiger partial charge in [0.1, 0.15) is 11.9 Å². The molecule has 0 unspecified atom stereocenters. The van der Waals surface area contributed by atoms with Gasteiger partial charge in [-0.15, -0.1) is 0 Å². The Bertz CT molecular complexity index is 493. The van der Waals surface area contributed by atoms with E-state index in [1.807, 2.05) is 20.8 Å². The Kier molecular flexibility index (Phi) is 8.06. The molecule has 0 aromatic heterocycles. The molecule has 0 fully saturated rings. The van der Waals surface area contributed by atoms with Crippen molar-refractivity contribution < 1.29 is 19.0 Å². The molecule has 1 amide bonds. The molecule has 1 aromatic rings. The molecule has 0 radical (unpaired) electrons. The number of amides is 1. The number of rotatable bonds is 9. The minimum Gasteiger partial charge on any atom is -0.496 e. The Balaban J connectivity index is 2.61. The maximum Gasteiger partial charge on any atom is 0.251 e. The van der Waals surface area contributed by atoms with E-state index < -0.39 is 6.10 Å². The normalized spacial score (nSPS) is 12.1. The molecule has 0 spiro atoms. The van der Waals surface area contributed by atoms with Crippen LogP contribution in [0, 0.1) is 13.8 Å². The molecule has 0 aliphatic rings. The van der Waals surface area contributed by atoms with Crippen LogP contribution in [-0.2, 0) is 20.8 Å². The summed E-state index contributed by atoms with van der Waals surface area (Å²) in [5.74, 6) is 0.864. The molecule has 0 N–H and O–H groups in total. The molecule has 1 atom stereocenters. The van der Waals surface area contributed by atoms with Crippen LogP contribution in [0.1, 0.15) is 30.5 Å². The predicted octanol–water partition coefficient (Wildman–Crippen LogP) is 2.71. The number of nitrogens with zero attached hydrogens (tertiary/aromatic N) is 1. The topological polar surface area (TPSA) is 48.0 Å². The van der Waals surface area contributed by atoms with E-state index in [0.29, 0.717) is 26.4 Å². The van der Waals surface area contributed by atoms with Gasteiger partial charge in [-0.25, -0.2) is 0 Å². The van der Waals surface area contributed by atoms with Gasteiger partial charge in [-0.2, -0.15) is 0 Å². The van der Waals surface area contributed by atoms with Crippen LogP contribution >= 0.6 is 0 Å². The summed E-state index contributed by atoms with van der Waals surface area (Å²) in [5.41, 5.74) is 3.23. The fourth-order valence-electron chi connectivity index (χ4n) is 2.61. The molecule has 5 nitrogen and oxygen atoms in total. The van der Waals surface area contributed by atoms with Crippen molar-refractivity contribution in [3.63, 3.8) is 0 Å². The number of hydrogen-bond acceptors (Lipinski definition) is 4. The molecule has 5 heteroatoms. The highest BCUT2D eigenvalue weighted by Gasteiger charge is 2.18. The number of carbonyl (C=O) groups is 1. The average molecular weight is 323 g/mol. The fourth-order valence-corrected chi connectivity index (χ4v) is 2.61. The summed E-state index contributed by atoms with van der Waals surface area (Å²) >= 11 is 0. The summed E-state index contributed by atoms with van der Waals surface area (Å²) < 4.78 is 16.1. The van der Waals surface area contributed by atoms with E-state index in [0.717, 1.165) is 22.4 Å². The van der Waals surface area contributed by atoms with Crippen molar-refractivity contribution in [2.75, 3.05) is 34.0 Å². The van der Waals surface area contributed by atoms with Gasteiger partial charge < -0.3 is 19.1 Å². The maximum absolute atomic E-state index is 12.3. The SMILES string of the molecule is CCOCCO[C@@H](C)C(=O)N(C)Cc1cc(C)c(OC)c(C)c1. The van der Waals surface area contributed by atoms with E-state index in [1.165, 1.54) is 0 Å². The van der Waals surface area contributed by atoms with Gasteiger partial charge in [0.05, 0.1) is 20.3 Å². The monoisotopic (exact) mass is 323 g/mol. The first kappa shape index (κ1) is 19.5. The molecule has 23 heavy (non-hydrogen) atoms. The number of methoxy groups -OCH3 is 1. The van der Waals surface area contributed by atoms with Crippen LogP contribution in [0.3, 0.4) is 0 Å². The van der Waals surface area contributed by atoms with Gasteiger partial charge in [-0.3, -0.25) is 4.79 Å². The van der Waals surface area contributed by atoms with Crippen LogP contribution in [0.15, 0.2) is 12.1 Å². The van der Waals surface area contributed by atoms with E-state index in [1.54, 1.807) is 26.0 Å². The second kappa shape index (κ2) is 9.53. The van der Waals surface area contributed by atoms with Crippen LogP contribution in [0.4, 0.5) is 0 Å². The third kappa shape index (κ3) is 5.84. The van der Waals surface area contributed by atoms with Crippen molar-refractivity contribution in [2.45, 2.75) is 40.3 Å². The quantitative estimate of drug-likeness (QED) is 0.656. The number of benzene rings is 1. The minimum absolute atomic E-state index is 0.0346. The Morgan fingerprint density at radius 3 is 2.35 bits per heavy atom. The summed E-state index contributed by atoms with van der Waals surface area (Å²) in [5, 5.41) is 0. The zero-order valence-corrected chi connectivity index (χ0v) is 15.1. The third-order valence-corrected chi connectivity index (χ3v) is 3.67. The zero-order chi connectivity index (χ0) is 17.4. The van der Waals surface area contributed by atoms with Crippen molar-refractivity contribution in [1.82, 2.24) is 4.90 Å². The van der Waals surface area contributed by atoms with Crippen LogP contribution < -0.4 is 4.74 Å². The van der Waals surface area contributed by atoms with Gasteiger partial charge in [0.15, 0.2) is 0 Å². The summed E-state index contributed by atoms with van der Waals surface area (Å²) in [6.45, 7) is 9.86. The Labute approximate surface area is 139 Å². The highest BCUT2D eigenvalue weighted by atomic mass is 16.5. The highest BCUT2D eigenvalue weighted by molar-refractivity contribution is 5.80. The summed E-state index contributed by atoms with van der Waals surface area (Å²) in [4.78, 5) is 14.0. The minimum atomic E-state index is -0.471. The number of carbonyl (C=O) groups excluding carboxylic acids is 1. The van der Waals surface area contributed by atoms with Crippen molar-refractivity contribution >= 4 is 5.91 Å². The summed E-state index contributed by atoms with van der Waals surface area (Å²) in [6.07, 6.45) is -0.471. The largest absolute Gasteiger partial charge is 0.496 e. The lowest BCUT2D eigenvalue weighted by molar-refractivity contribution is -0.142. The van der Waals surface area contributed by atoms with E-state index in [9.17, 15) is 4.79 Å². The summed E-state index contributed by atoms with van der Waals surface area (Å²) in [6, 6.07) is 4.10. The number of likely N-dealkylation sites (N-methyl/N-ethyl adjacent to an activating group) is 1. The predicted molar refractivity (Wildman–Crippen MR) is 90.8 cm³/mol. The van der Waals surface area contributed by atoms with Crippen LogP contribution in [0.5, 0.6) is 5.75 Å². The van der Waals surface area contributed by atoms with E-state index in [-0.39, 0.29) is 5.91 Å². The average Bonchev–Trinajstić information content (AvgIpc) is 2.50. The van der Waals surface area contributed by atoms with Crippen LogP contribution in [0.2, 0.25) is 0 Å². The molecule has 0 bridgehead atoms. The lowest BCUT2D eigenvalue weighted by Crippen LogP contribution is -2.36. The van der Waals surface area contributed by atoms with E-state index in [2.05, 4.69) is 12.1 Å². The molecule has 0 heterocycles. The second-order valence-electron chi connectivity index (χ2n) is 5.67. The molecule has 1 rings (SSSR count). The molecular formula is C18H29NO4. The molecule has 0 saturated carbocycles. The van der Waals surface area contributed by atoms with Gasteiger partial charge in [0, 0.05) is 20.2 Å². The van der Waals surface area contributed by atoms with Crippen LogP contribution in [0.25, 0.3) is 0 Å². The molecular weight excluding hydrogens is 294 g/mol. The number of hydrogen-bond donors (Lipinski definition) is 0. The Morgan fingerprint density at radius 2 is 1.83 bits per heavy atom. The van der Waals surface area contributed by atoms with Crippen molar-refractivity contribution in [3.8, 4) is 5.75 Å². The second-order valence-corrected chi connectivity index (χ2v) is 5.67. The van der Waals surface area contributed by atoms with Crippen molar-refractivity contribution in [3.05, 3.63) is 28.8 Å². The summed E-state index contributed by atoms with van der Waals surface area (Å²) in [7, 11) is 3.46. The van der Waals surface area contributed by atoms with Gasteiger partial charge in [-0.05, 0) is 44.4 Å². The third-order valence-electron chi connectivity index (χ3n) is 3.67. The standard InChI is InChI=1S/C18H29NO4/c1-7-22-8-9-23-15(4)18(20)19(5)12-16-10-13(2)17(21-6)14(3)11-16/h10-11,15H,7-9,12H2,1-6H3/t15-/m0/s1. The molecule has 0 aliphatic carbocycles. The first-order valence-corrected chi connectivity index (χ1v) is 7.99. The molecule has 0 aliphatic heterocycles. The Hall–Kier alpha value is -1.59. The molecule has 1 aromatic carbocycles. The van der Waals surface area contributed by atoms with E-state index >= 15 is 0 Å². The van der Waals surface area contributed by atoms with Crippen LogP contribution in [-0.4, -0.2) is 50.9 Å². The molecule has 0 saturated heterocycles. The van der Waals surface area contributed by atoms with Gasteiger partial charge in [0.2, 0.25) is 0 Å². The van der Waals surface area contributed by atoms with Gasteiger partial charge in [0.25, 0.3) is 5.91 Å².